The molecule has 1 atom stereocenters. The number of carboxylic acids is 1. The second-order valence-electron chi connectivity index (χ2n) is 3.00. The molecular formula is C8H8BrFN2O2. The average molecular weight is 263 g/mol. The van der Waals surface area contributed by atoms with E-state index < -0.39 is 17.5 Å². The molecule has 14 heavy (non-hydrogen) atoms. The van der Waals surface area contributed by atoms with E-state index >= 15 is 0 Å². The second-order valence-corrected chi connectivity index (χ2v) is 3.92. The average Bonchev–Trinajstić information content (AvgIpc) is 2.08. The summed E-state index contributed by atoms with van der Waals surface area (Å²) in [7, 11) is 0. The predicted molar refractivity (Wildman–Crippen MR) is 51.1 cm³/mol. The van der Waals surface area contributed by atoms with Crippen LogP contribution in [0, 0.1) is 5.95 Å². The molecule has 1 aromatic heterocycles. The summed E-state index contributed by atoms with van der Waals surface area (Å²) in [6, 6.07) is 1.30. The van der Waals surface area contributed by atoms with Crippen LogP contribution in [-0.2, 0) is 10.3 Å². The lowest BCUT2D eigenvalue weighted by molar-refractivity contribution is -0.143. The zero-order valence-electron chi connectivity index (χ0n) is 7.29. The number of aliphatic carboxylic acids is 1. The number of nitrogens with zero attached hydrogens (tertiary/aromatic N) is 1. The largest absolute Gasteiger partial charge is 0.480 e. The van der Waals surface area contributed by atoms with Gasteiger partial charge >= 0.3 is 5.97 Å². The first kappa shape index (κ1) is 11.1. The minimum Gasteiger partial charge on any atom is -0.480 e. The van der Waals surface area contributed by atoms with E-state index in [1.165, 1.54) is 19.2 Å². The van der Waals surface area contributed by atoms with Crippen LogP contribution in [0.15, 0.2) is 16.7 Å². The van der Waals surface area contributed by atoms with Crippen LogP contribution < -0.4 is 5.73 Å². The third-order valence-electron chi connectivity index (χ3n) is 1.81. The first-order valence-corrected chi connectivity index (χ1v) is 4.49. The molecule has 0 unspecified atom stereocenters. The topological polar surface area (TPSA) is 76.2 Å². The first-order chi connectivity index (χ1) is 6.35. The molecule has 0 aliphatic rings. The number of hydrogen-bond acceptors (Lipinski definition) is 3. The van der Waals surface area contributed by atoms with E-state index in [9.17, 15) is 9.18 Å². The van der Waals surface area contributed by atoms with E-state index in [0.717, 1.165) is 0 Å². The van der Waals surface area contributed by atoms with Crippen molar-refractivity contribution in [3.05, 3.63) is 28.2 Å². The highest BCUT2D eigenvalue weighted by molar-refractivity contribution is 9.10. The molecule has 1 aromatic rings. The third-order valence-corrected chi connectivity index (χ3v) is 2.24. The van der Waals surface area contributed by atoms with Crippen molar-refractivity contribution < 1.29 is 14.3 Å². The summed E-state index contributed by atoms with van der Waals surface area (Å²) < 4.78 is 13.6. The molecule has 0 spiro atoms. The molecule has 0 aliphatic heterocycles. The number of rotatable bonds is 2. The summed E-state index contributed by atoms with van der Waals surface area (Å²) in [6.07, 6.45) is 1.23. The molecule has 76 valence electrons. The summed E-state index contributed by atoms with van der Waals surface area (Å²) >= 11 is 3.06. The highest BCUT2D eigenvalue weighted by Gasteiger charge is 2.33. The van der Waals surface area contributed by atoms with Crippen LogP contribution in [0.3, 0.4) is 0 Å². The maximum absolute atomic E-state index is 13.2. The molecular weight excluding hydrogens is 255 g/mol. The van der Waals surface area contributed by atoms with Crippen LogP contribution in [0.2, 0.25) is 0 Å². The number of nitrogens with two attached hydrogens (primary N) is 1. The van der Waals surface area contributed by atoms with Gasteiger partial charge in [-0.25, -0.2) is 9.78 Å². The lowest BCUT2D eigenvalue weighted by Crippen LogP contribution is -2.42. The van der Waals surface area contributed by atoms with Crippen LogP contribution in [0.1, 0.15) is 12.5 Å². The lowest BCUT2D eigenvalue weighted by Gasteiger charge is -2.19. The minimum atomic E-state index is -1.78. The Balaban J connectivity index is 3.31. The summed E-state index contributed by atoms with van der Waals surface area (Å²) in [5, 5.41) is 8.78. The van der Waals surface area contributed by atoms with Crippen molar-refractivity contribution in [2.45, 2.75) is 12.5 Å². The minimum absolute atomic E-state index is 0.153. The molecule has 0 saturated carbocycles. The van der Waals surface area contributed by atoms with E-state index in [1.807, 2.05) is 0 Å². The van der Waals surface area contributed by atoms with Crippen molar-refractivity contribution in [3.8, 4) is 0 Å². The molecule has 0 amide bonds. The summed E-state index contributed by atoms with van der Waals surface area (Å²) in [4.78, 5) is 14.1. The van der Waals surface area contributed by atoms with Crippen molar-refractivity contribution in [2.24, 2.45) is 5.73 Å². The van der Waals surface area contributed by atoms with E-state index in [-0.39, 0.29) is 5.56 Å². The predicted octanol–water partition coefficient (Wildman–Crippen LogP) is 1.24. The Bertz CT molecular complexity index is 382. The van der Waals surface area contributed by atoms with Crippen LogP contribution in [-0.4, -0.2) is 16.1 Å². The number of aromatic nitrogens is 1. The smallest absolute Gasteiger partial charge is 0.328 e. The van der Waals surface area contributed by atoms with E-state index in [4.69, 9.17) is 10.8 Å². The van der Waals surface area contributed by atoms with Crippen molar-refractivity contribution in [1.82, 2.24) is 4.98 Å². The van der Waals surface area contributed by atoms with Gasteiger partial charge in [0.2, 0.25) is 5.95 Å². The molecule has 1 heterocycles. The van der Waals surface area contributed by atoms with Gasteiger partial charge in [-0.1, -0.05) is 0 Å². The quantitative estimate of drug-likeness (QED) is 0.787. The molecule has 0 aliphatic carbocycles. The monoisotopic (exact) mass is 262 g/mol. The first-order valence-electron chi connectivity index (χ1n) is 3.69. The maximum atomic E-state index is 13.2. The second kappa shape index (κ2) is 3.62. The normalized spacial score (nSPS) is 14.9. The van der Waals surface area contributed by atoms with Gasteiger partial charge in [0.1, 0.15) is 5.54 Å². The van der Waals surface area contributed by atoms with Crippen molar-refractivity contribution in [3.63, 3.8) is 0 Å². The van der Waals surface area contributed by atoms with Crippen LogP contribution in [0.25, 0.3) is 0 Å². The molecule has 0 fully saturated rings. The molecule has 4 nitrogen and oxygen atoms in total. The van der Waals surface area contributed by atoms with Crippen LogP contribution in [0.5, 0.6) is 0 Å². The Morgan fingerprint density at radius 1 is 1.79 bits per heavy atom. The summed E-state index contributed by atoms with van der Waals surface area (Å²) in [5.74, 6) is -2.18. The van der Waals surface area contributed by atoms with Gasteiger partial charge in [0, 0.05) is 16.2 Å². The summed E-state index contributed by atoms with van der Waals surface area (Å²) in [6.45, 7) is 1.21. The van der Waals surface area contributed by atoms with Crippen molar-refractivity contribution in [2.75, 3.05) is 0 Å². The molecule has 0 aromatic carbocycles. The molecule has 1 rings (SSSR count). The number of pyridine rings is 1. The number of hydrogen-bond donors (Lipinski definition) is 2. The summed E-state index contributed by atoms with van der Waals surface area (Å²) in [5.41, 5.74) is 3.52. The lowest BCUT2D eigenvalue weighted by atomic mass is 9.95. The van der Waals surface area contributed by atoms with Gasteiger partial charge in [-0.05, 0) is 28.9 Å². The van der Waals surface area contributed by atoms with Gasteiger partial charge in [-0.15, -0.1) is 0 Å². The zero-order valence-corrected chi connectivity index (χ0v) is 8.88. The van der Waals surface area contributed by atoms with Crippen molar-refractivity contribution in [1.29, 1.82) is 0 Å². The fourth-order valence-corrected chi connectivity index (χ4v) is 1.23. The number of carboxylic acid groups (broad SMARTS) is 1. The van der Waals surface area contributed by atoms with E-state index in [0.29, 0.717) is 4.47 Å². The van der Waals surface area contributed by atoms with Crippen LogP contribution in [0.4, 0.5) is 4.39 Å². The van der Waals surface area contributed by atoms with Gasteiger partial charge in [0.15, 0.2) is 0 Å². The third kappa shape index (κ3) is 1.91. The molecule has 0 saturated heterocycles. The maximum Gasteiger partial charge on any atom is 0.328 e. The zero-order chi connectivity index (χ0) is 10.9. The van der Waals surface area contributed by atoms with Gasteiger partial charge in [-0.3, -0.25) is 0 Å². The Morgan fingerprint density at radius 3 is 2.86 bits per heavy atom. The van der Waals surface area contributed by atoms with E-state index in [2.05, 4.69) is 20.9 Å². The number of carbonyl (C=O) groups is 1. The number of halogens is 2. The van der Waals surface area contributed by atoms with Gasteiger partial charge in [0.05, 0.1) is 0 Å². The Morgan fingerprint density at radius 2 is 2.36 bits per heavy atom. The molecule has 0 bridgehead atoms. The van der Waals surface area contributed by atoms with Crippen LogP contribution >= 0.6 is 15.9 Å². The Hall–Kier alpha value is -1.01. The molecule has 6 heteroatoms. The highest BCUT2D eigenvalue weighted by Crippen LogP contribution is 2.23. The van der Waals surface area contributed by atoms with E-state index in [1.54, 1.807) is 0 Å². The SMILES string of the molecule is C[C@](N)(C(=O)O)c1cc(Br)cnc1F. The van der Waals surface area contributed by atoms with Crippen molar-refractivity contribution >= 4 is 21.9 Å². The standard InChI is InChI=1S/C8H8BrFN2O2/c1-8(11,7(13)14)5-2-4(9)3-12-6(5)10/h2-3H,11H2,1H3,(H,13,14)/t8-/m1/s1. The fraction of sp³-hybridized carbons (Fsp3) is 0.250. The Kier molecular flexibility index (Phi) is 2.86. The fourth-order valence-electron chi connectivity index (χ4n) is 0.902. The highest BCUT2D eigenvalue weighted by atomic mass is 79.9. The molecule has 3 N–H and O–H groups in total. The van der Waals surface area contributed by atoms with Gasteiger partial charge in [-0.2, -0.15) is 4.39 Å². The van der Waals surface area contributed by atoms with Gasteiger partial charge < -0.3 is 10.8 Å². The van der Waals surface area contributed by atoms with Gasteiger partial charge in [0.25, 0.3) is 0 Å². The molecule has 0 radical (unpaired) electrons. The Labute approximate surface area is 88.1 Å².